The van der Waals surface area contributed by atoms with Crippen LogP contribution >= 0.6 is 0 Å². The van der Waals surface area contributed by atoms with Crippen LogP contribution in [0, 0.1) is 11.3 Å². The zero-order valence-corrected chi connectivity index (χ0v) is 15.0. The number of likely N-dealkylation sites (N-methyl/N-ethyl adjacent to an activating group) is 1. The monoisotopic (exact) mass is 329 g/mol. The fourth-order valence-corrected chi connectivity index (χ4v) is 5.81. The predicted octanol–water partition coefficient (Wildman–Crippen LogP) is 3.00. The van der Waals surface area contributed by atoms with Crippen molar-refractivity contribution >= 4 is 5.97 Å². The molecule has 4 bridgehead atoms. The molecule has 3 fully saturated rings. The summed E-state index contributed by atoms with van der Waals surface area (Å²) in [6, 6.07) is 7.19. The first-order chi connectivity index (χ1) is 11.5. The van der Waals surface area contributed by atoms with Crippen LogP contribution in [0.1, 0.15) is 43.7 Å². The first-order valence-electron chi connectivity index (χ1n) is 9.05. The Bertz CT molecular complexity index is 673. The van der Waals surface area contributed by atoms with Gasteiger partial charge in [-0.1, -0.05) is 19.1 Å². The SMILES string of the molecule is CCOC(=O)C1C[C@@]2(C)C3CC1N(C)C2Cc1cccc(OC)c13. The van der Waals surface area contributed by atoms with Crippen molar-refractivity contribution in [3.63, 3.8) is 0 Å². The summed E-state index contributed by atoms with van der Waals surface area (Å²) in [5, 5.41) is 0. The fourth-order valence-electron chi connectivity index (χ4n) is 5.81. The molecule has 0 aromatic heterocycles. The average molecular weight is 329 g/mol. The first kappa shape index (κ1) is 15.9. The Balaban J connectivity index is 1.77. The third kappa shape index (κ3) is 1.98. The number of hydrogen-bond donors (Lipinski definition) is 0. The van der Waals surface area contributed by atoms with Crippen LogP contribution in [0.4, 0.5) is 0 Å². The van der Waals surface area contributed by atoms with Crippen molar-refractivity contribution in [1.82, 2.24) is 4.90 Å². The highest BCUT2D eigenvalue weighted by molar-refractivity contribution is 5.74. The molecule has 2 aliphatic carbocycles. The second-order valence-electron chi connectivity index (χ2n) is 7.84. The van der Waals surface area contributed by atoms with Crippen LogP contribution in [0.15, 0.2) is 18.2 Å². The molecular weight excluding hydrogens is 302 g/mol. The maximum atomic E-state index is 12.5. The number of esters is 1. The average Bonchev–Trinajstić information content (AvgIpc) is 2.57. The molecule has 2 aliphatic heterocycles. The molecule has 0 N–H and O–H groups in total. The van der Waals surface area contributed by atoms with E-state index in [-0.39, 0.29) is 23.3 Å². The Morgan fingerprint density at radius 1 is 1.42 bits per heavy atom. The lowest BCUT2D eigenvalue weighted by molar-refractivity contribution is -0.169. The minimum Gasteiger partial charge on any atom is -0.496 e. The molecule has 1 aromatic rings. The van der Waals surface area contributed by atoms with Crippen LogP contribution in [0.3, 0.4) is 0 Å². The third-order valence-electron chi connectivity index (χ3n) is 6.90. The Labute approximate surface area is 144 Å². The molecule has 5 atom stereocenters. The number of benzene rings is 1. The van der Waals surface area contributed by atoms with E-state index in [1.807, 2.05) is 6.92 Å². The summed E-state index contributed by atoms with van der Waals surface area (Å²) in [6.45, 7) is 4.72. The molecule has 2 heterocycles. The predicted molar refractivity (Wildman–Crippen MR) is 92.2 cm³/mol. The highest BCUT2D eigenvalue weighted by atomic mass is 16.5. The molecule has 0 spiro atoms. The molecule has 1 aromatic carbocycles. The van der Waals surface area contributed by atoms with Crippen LogP contribution in [-0.4, -0.2) is 43.7 Å². The maximum Gasteiger partial charge on any atom is 0.310 e. The molecular formula is C20H27NO3. The van der Waals surface area contributed by atoms with Crippen molar-refractivity contribution in [2.75, 3.05) is 20.8 Å². The third-order valence-corrected chi connectivity index (χ3v) is 6.90. The minimum atomic E-state index is -0.0155. The van der Waals surface area contributed by atoms with Gasteiger partial charge in [0.05, 0.1) is 19.6 Å². The summed E-state index contributed by atoms with van der Waals surface area (Å²) in [5.74, 6) is 1.47. The number of fused-ring (bicyclic) bond motifs is 2. The summed E-state index contributed by atoms with van der Waals surface area (Å²) < 4.78 is 11.1. The smallest absolute Gasteiger partial charge is 0.310 e. The molecule has 1 saturated carbocycles. The number of piperidine rings is 2. The first-order valence-corrected chi connectivity index (χ1v) is 9.05. The highest BCUT2D eigenvalue weighted by Gasteiger charge is 2.61. The standard InChI is InChI=1S/C20H27NO3/c1-5-24-19(22)13-11-20(2)14-10-15(13)21(3)17(20)9-12-7-6-8-16(23-4)18(12)14/h6-8,13-15,17H,5,9-11H2,1-4H3/t13?,14?,15?,17?,20-/m0/s1. The van der Waals surface area contributed by atoms with Crippen LogP contribution in [-0.2, 0) is 16.0 Å². The number of carbonyl (C=O) groups excluding carboxylic acids is 1. The van der Waals surface area contributed by atoms with Crippen molar-refractivity contribution in [3.8, 4) is 5.75 Å². The summed E-state index contributed by atoms with van der Waals surface area (Å²) >= 11 is 0. The van der Waals surface area contributed by atoms with E-state index in [4.69, 9.17) is 9.47 Å². The Morgan fingerprint density at radius 3 is 2.92 bits per heavy atom. The molecule has 4 nitrogen and oxygen atoms in total. The molecule has 0 amide bonds. The molecule has 24 heavy (non-hydrogen) atoms. The van der Waals surface area contributed by atoms with Gasteiger partial charge in [0.25, 0.3) is 0 Å². The van der Waals surface area contributed by atoms with Crippen LogP contribution in [0.2, 0.25) is 0 Å². The summed E-state index contributed by atoms with van der Waals surface area (Å²) in [7, 11) is 3.96. The summed E-state index contributed by atoms with van der Waals surface area (Å²) in [6.07, 6.45) is 2.98. The fraction of sp³-hybridized carbons (Fsp3) is 0.650. The number of methoxy groups -OCH3 is 1. The lowest BCUT2D eigenvalue weighted by Crippen LogP contribution is -2.68. The van der Waals surface area contributed by atoms with Gasteiger partial charge in [0.2, 0.25) is 0 Å². The van der Waals surface area contributed by atoms with E-state index in [1.165, 1.54) is 11.1 Å². The Morgan fingerprint density at radius 2 is 2.21 bits per heavy atom. The topological polar surface area (TPSA) is 38.8 Å². The van der Waals surface area contributed by atoms with Gasteiger partial charge in [-0.05, 0) is 56.2 Å². The van der Waals surface area contributed by atoms with Gasteiger partial charge in [-0.25, -0.2) is 0 Å². The van der Waals surface area contributed by atoms with E-state index in [9.17, 15) is 4.79 Å². The second kappa shape index (κ2) is 5.48. The lowest BCUT2D eigenvalue weighted by atomic mass is 9.49. The van der Waals surface area contributed by atoms with Gasteiger partial charge < -0.3 is 9.47 Å². The van der Waals surface area contributed by atoms with Crippen LogP contribution < -0.4 is 4.74 Å². The zero-order valence-electron chi connectivity index (χ0n) is 15.0. The molecule has 4 aliphatic rings. The summed E-state index contributed by atoms with van der Waals surface area (Å²) in [5.41, 5.74) is 2.91. The number of hydrogen-bond acceptors (Lipinski definition) is 4. The molecule has 4 unspecified atom stereocenters. The Kier molecular flexibility index (Phi) is 3.64. The maximum absolute atomic E-state index is 12.5. The van der Waals surface area contributed by atoms with Gasteiger partial charge in [-0.2, -0.15) is 0 Å². The molecule has 0 radical (unpaired) electrons. The van der Waals surface area contributed by atoms with Gasteiger partial charge in [-0.15, -0.1) is 0 Å². The van der Waals surface area contributed by atoms with Crippen molar-refractivity contribution in [1.29, 1.82) is 0 Å². The van der Waals surface area contributed by atoms with Gasteiger partial charge in [0.15, 0.2) is 0 Å². The lowest BCUT2D eigenvalue weighted by Gasteiger charge is -2.64. The van der Waals surface area contributed by atoms with E-state index in [0.29, 0.717) is 18.6 Å². The van der Waals surface area contributed by atoms with E-state index in [0.717, 1.165) is 25.0 Å². The Hall–Kier alpha value is -1.55. The van der Waals surface area contributed by atoms with Crippen molar-refractivity contribution in [2.45, 2.75) is 51.1 Å². The molecule has 4 heteroatoms. The van der Waals surface area contributed by atoms with Crippen molar-refractivity contribution in [2.24, 2.45) is 11.3 Å². The van der Waals surface area contributed by atoms with E-state index in [2.05, 4.69) is 37.1 Å². The van der Waals surface area contributed by atoms with Gasteiger partial charge >= 0.3 is 5.97 Å². The van der Waals surface area contributed by atoms with Crippen molar-refractivity contribution in [3.05, 3.63) is 29.3 Å². The quantitative estimate of drug-likeness (QED) is 0.799. The zero-order chi connectivity index (χ0) is 17.1. The van der Waals surface area contributed by atoms with Crippen LogP contribution in [0.25, 0.3) is 0 Å². The number of nitrogens with zero attached hydrogens (tertiary/aromatic N) is 1. The van der Waals surface area contributed by atoms with E-state index in [1.54, 1.807) is 7.11 Å². The normalized spacial score (nSPS) is 37.0. The number of ether oxygens (including phenoxy) is 2. The number of rotatable bonds is 3. The van der Waals surface area contributed by atoms with Gasteiger partial charge in [0, 0.05) is 17.6 Å². The molecule has 2 saturated heterocycles. The minimum absolute atomic E-state index is 0.00343. The van der Waals surface area contributed by atoms with Gasteiger partial charge in [-0.3, -0.25) is 9.69 Å². The summed E-state index contributed by atoms with van der Waals surface area (Å²) in [4.78, 5) is 15.0. The second-order valence-corrected chi connectivity index (χ2v) is 7.84. The number of carbonyl (C=O) groups is 1. The van der Waals surface area contributed by atoms with E-state index >= 15 is 0 Å². The molecule has 5 rings (SSSR count). The van der Waals surface area contributed by atoms with Gasteiger partial charge in [0.1, 0.15) is 5.75 Å². The van der Waals surface area contributed by atoms with E-state index < -0.39 is 0 Å². The van der Waals surface area contributed by atoms with Crippen LogP contribution in [0.5, 0.6) is 5.75 Å². The highest BCUT2D eigenvalue weighted by Crippen LogP contribution is 2.62. The molecule has 130 valence electrons. The largest absolute Gasteiger partial charge is 0.496 e. The van der Waals surface area contributed by atoms with Crippen molar-refractivity contribution < 1.29 is 14.3 Å².